The van der Waals surface area contributed by atoms with Crippen LogP contribution < -0.4 is 14.8 Å². The minimum atomic E-state index is -0.887. The molecular weight excluding hydrogens is 298 g/mol. The Morgan fingerprint density at radius 1 is 1.22 bits per heavy atom. The van der Waals surface area contributed by atoms with E-state index < -0.39 is 5.60 Å². The summed E-state index contributed by atoms with van der Waals surface area (Å²) in [6.07, 6.45) is 1.06. The highest BCUT2D eigenvalue weighted by Gasteiger charge is 2.30. The summed E-state index contributed by atoms with van der Waals surface area (Å²) in [5.41, 5.74) is -0.408. The Kier molecular flexibility index (Phi) is 6.24. The number of hydrogen-bond acceptors (Lipinski definition) is 5. The third kappa shape index (κ3) is 4.84. The molecule has 0 atom stereocenters. The second-order valence-corrected chi connectivity index (χ2v) is 5.55. The molecule has 1 fully saturated rings. The minimum Gasteiger partial charge on any atom is -0.490 e. The van der Waals surface area contributed by atoms with Crippen molar-refractivity contribution >= 4 is 5.91 Å². The molecule has 2 rings (SSSR count). The summed E-state index contributed by atoms with van der Waals surface area (Å²) in [6.45, 7) is 6.04. The number of nitrogens with one attached hydrogen (secondary N) is 1. The van der Waals surface area contributed by atoms with Crippen molar-refractivity contribution in [1.82, 2.24) is 5.32 Å². The van der Waals surface area contributed by atoms with E-state index in [4.69, 9.17) is 14.2 Å². The largest absolute Gasteiger partial charge is 0.490 e. The van der Waals surface area contributed by atoms with Crippen LogP contribution >= 0.6 is 0 Å². The SMILES string of the molecule is CCOc1ccc(C(=O)NCC2(O)CCOCC2)cc1OCC. The highest BCUT2D eigenvalue weighted by atomic mass is 16.5. The van der Waals surface area contributed by atoms with Gasteiger partial charge in [-0.15, -0.1) is 0 Å². The van der Waals surface area contributed by atoms with Crippen LogP contribution in [0, 0.1) is 0 Å². The van der Waals surface area contributed by atoms with Gasteiger partial charge in [-0.2, -0.15) is 0 Å². The third-order valence-electron chi connectivity index (χ3n) is 3.81. The first-order valence-electron chi connectivity index (χ1n) is 8.06. The lowest BCUT2D eigenvalue weighted by atomic mass is 9.94. The Morgan fingerprint density at radius 3 is 2.52 bits per heavy atom. The Labute approximate surface area is 136 Å². The van der Waals surface area contributed by atoms with Gasteiger partial charge in [0, 0.05) is 38.2 Å². The molecule has 1 saturated heterocycles. The molecule has 0 radical (unpaired) electrons. The molecule has 128 valence electrons. The maximum atomic E-state index is 12.3. The summed E-state index contributed by atoms with van der Waals surface area (Å²) in [7, 11) is 0. The van der Waals surface area contributed by atoms with E-state index in [2.05, 4.69) is 5.32 Å². The summed E-state index contributed by atoms with van der Waals surface area (Å²) >= 11 is 0. The number of hydrogen-bond donors (Lipinski definition) is 2. The van der Waals surface area contributed by atoms with Crippen molar-refractivity contribution in [3.8, 4) is 11.5 Å². The van der Waals surface area contributed by atoms with Gasteiger partial charge >= 0.3 is 0 Å². The predicted octanol–water partition coefficient (Wildman–Crippen LogP) is 1.76. The number of rotatable bonds is 7. The Hall–Kier alpha value is -1.79. The van der Waals surface area contributed by atoms with E-state index >= 15 is 0 Å². The van der Waals surface area contributed by atoms with Crippen LogP contribution in [0.15, 0.2) is 18.2 Å². The average molecular weight is 323 g/mol. The first-order chi connectivity index (χ1) is 11.1. The fourth-order valence-corrected chi connectivity index (χ4v) is 2.47. The first kappa shape index (κ1) is 17.6. The van der Waals surface area contributed by atoms with Crippen LogP contribution in [-0.4, -0.2) is 49.6 Å². The van der Waals surface area contributed by atoms with Crippen molar-refractivity contribution < 1.29 is 24.1 Å². The van der Waals surface area contributed by atoms with Gasteiger partial charge < -0.3 is 24.6 Å². The highest BCUT2D eigenvalue weighted by Crippen LogP contribution is 2.28. The van der Waals surface area contributed by atoms with Crippen LogP contribution in [-0.2, 0) is 4.74 Å². The Bertz CT molecular complexity index is 526. The molecule has 1 amide bonds. The van der Waals surface area contributed by atoms with Gasteiger partial charge in [-0.3, -0.25) is 4.79 Å². The summed E-state index contributed by atoms with van der Waals surface area (Å²) in [5.74, 6) is 0.926. The molecule has 0 unspecified atom stereocenters. The van der Waals surface area contributed by atoms with Crippen molar-refractivity contribution in [3.63, 3.8) is 0 Å². The lowest BCUT2D eigenvalue weighted by Gasteiger charge is -2.32. The molecule has 0 saturated carbocycles. The van der Waals surface area contributed by atoms with E-state index in [1.807, 2.05) is 13.8 Å². The van der Waals surface area contributed by atoms with E-state index in [0.717, 1.165) is 0 Å². The van der Waals surface area contributed by atoms with E-state index in [9.17, 15) is 9.90 Å². The molecular formula is C17H25NO5. The lowest BCUT2D eigenvalue weighted by Crippen LogP contribution is -2.46. The second-order valence-electron chi connectivity index (χ2n) is 5.55. The van der Waals surface area contributed by atoms with Crippen LogP contribution in [0.2, 0.25) is 0 Å². The molecule has 0 bridgehead atoms. The zero-order valence-corrected chi connectivity index (χ0v) is 13.8. The van der Waals surface area contributed by atoms with Crippen molar-refractivity contribution in [2.24, 2.45) is 0 Å². The summed E-state index contributed by atoms with van der Waals surface area (Å²) in [6, 6.07) is 5.08. The molecule has 0 spiro atoms. The molecule has 0 aromatic heterocycles. The predicted molar refractivity (Wildman–Crippen MR) is 86.1 cm³/mol. The van der Waals surface area contributed by atoms with Crippen molar-refractivity contribution in [2.75, 3.05) is 33.0 Å². The van der Waals surface area contributed by atoms with Crippen LogP contribution in [0.3, 0.4) is 0 Å². The van der Waals surface area contributed by atoms with Crippen molar-refractivity contribution in [2.45, 2.75) is 32.3 Å². The molecule has 23 heavy (non-hydrogen) atoms. The monoisotopic (exact) mass is 323 g/mol. The molecule has 6 nitrogen and oxygen atoms in total. The topological polar surface area (TPSA) is 77.0 Å². The summed E-state index contributed by atoms with van der Waals surface area (Å²) in [4.78, 5) is 12.3. The Morgan fingerprint density at radius 2 is 1.87 bits per heavy atom. The zero-order valence-electron chi connectivity index (χ0n) is 13.8. The van der Waals surface area contributed by atoms with Gasteiger partial charge in [0.2, 0.25) is 0 Å². The van der Waals surface area contributed by atoms with Gasteiger partial charge in [0.05, 0.1) is 18.8 Å². The molecule has 1 aliphatic heterocycles. The number of ether oxygens (including phenoxy) is 3. The van der Waals surface area contributed by atoms with Gasteiger partial charge in [-0.05, 0) is 32.0 Å². The molecule has 2 N–H and O–H groups in total. The normalized spacial score (nSPS) is 16.7. The lowest BCUT2D eigenvalue weighted by molar-refractivity contribution is -0.0605. The quantitative estimate of drug-likeness (QED) is 0.799. The van der Waals surface area contributed by atoms with E-state index in [-0.39, 0.29) is 12.5 Å². The summed E-state index contributed by atoms with van der Waals surface area (Å²) < 4.78 is 16.2. The highest BCUT2D eigenvalue weighted by molar-refractivity contribution is 5.94. The van der Waals surface area contributed by atoms with Gasteiger partial charge in [-0.25, -0.2) is 0 Å². The van der Waals surface area contributed by atoms with E-state index in [1.165, 1.54) is 0 Å². The molecule has 1 heterocycles. The summed E-state index contributed by atoms with van der Waals surface area (Å²) in [5, 5.41) is 13.2. The third-order valence-corrected chi connectivity index (χ3v) is 3.81. The molecule has 1 aliphatic rings. The molecule has 0 aliphatic carbocycles. The van der Waals surface area contributed by atoms with Crippen LogP contribution in [0.4, 0.5) is 0 Å². The zero-order chi connectivity index (χ0) is 16.7. The molecule has 1 aromatic rings. The van der Waals surface area contributed by atoms with Crippen molar-refractivity contribution in [1.29, 1.82) is 0 Å². The van der Waals surface area contributed by atoms with E-state index in [0.29, 0.717) is 56.3 Å². The fraction of sp³-hybridized carbons (Fsp3) is 0.588. The van der Waals surface area contributed by atoms with Gasteiger partial charge in [0.15, 0.2) is 11.5 Å². The van der Waals surface area contributed by atoms with Crippen molar-refractivity contribution in [3.05, 3.63) is 23.8 Å². The molecule has 1 aromatic carbocycles. The average Bonchev–Trinajstić information content (AvgIpc) is 2.55. The smallest absolute Gasteiger partial charge is 0.251 e. The van der Waals surface area contributed by atoms with Gasteiger partial charge in [-0.1, -0.05) is 0 Å². The maximum Gasteiger partial charge on any atom is 0.251 e. The second kappa shape index (κ2) is 8.17. The molecule has 6 heteroatoms. The van der Waals surface area contributed by atoms with Gasteiger partial charge in [0.1, 0.15) is 0 Å². The first-order valence-corrected chi connectivity index (χ1v) is 8.06. The number of carbonyl (C=O) groups is 1. The van der Waals surface area contributed by atoms with E-state index in [1.54, 1.807) is 18.2 Å². The minimum absolute atomic E-state index is 0.215. The number of carbonyl (C=O) groups excluding carboxylic acids is 1. The number of aliphatic hydroxyl groups is 1. The Balaban J connectivity index is 2.02. The number of amides is 1. The van der Waals surface area contributed by atoms with Crippen LogP contribution in [0.1, 0.15) is 37.0 Å². The van der Waals surface area contributed by atoms with Crippen LogP contribution in [0.25, 0.3) is 0 Å². The fourth-order valence-electron chi connectivity index (χ4n) is 2.47. The van der Waals surface area contributed by atoms with Gasteiger partial charge in [0.25, 0.3) is 5.91 Å². The standard InChI is InChI=1S/C17H25NO5/c1-3-22-14-6-5-13(11-15(14)23-4-2)16(19)18-12-17(20)7-9-21-10-8-17/h5-6,11,20H,3-4,7-10,12H2,1-2H3,(H,18,19). The number of benzene rings is 1. The maximum absolute atomic E-state index is 12.3. The van der Waals surface area contributed by atoms with Crippen LogP contribution in [0.5, 0.6) is 11.5 Å².